The second kappa shape index (κ2) is 5.20. The summed E-state index contributed by atoms with van der Waals surface area (Å²) < 4.78 is 22.6. The molecule has 1 aromatic rings. The molecule has 4 nitrogen and oxygen atoms in total. The molecule has 0 saturated heterocycles. The number of halogens is 2. The van der Waals surface area contributed by atoms with Gasteiger partial charge in [0.2, 0.25) is 0 Å². The summed E-state index contributed by atoms with van der Waals surface area (Å²) in [6.45, 7) is 4.85. The maximum atomic E-state index is 12.0. The van der Waals surface area contributed by atoms with Gasteiger partial charge in [-0.1, -0.05) is 25.4 Å². The van der Waals surface area contributed by atoms with Crippen molar-refractivity contribution in [2.24, 2.45) is 11.3 Å². The predicted octanol–water partition coefficient (Wildman–Crippen LogP) is 3.04. The van der Waals surface area contributed by atoms with Gasteiger partial charge in [-0.2, -0.15) is 0 Å². The molecule has 7 heteroatoms. The van der Waals surface area contributed by atoms with Crippen LogP contribution in [0.4, 0.5) is 0 Å². The zero-order valence-electron chi connectivity index (χ0n) is 11.1. The van der Waals surface area contributed by atoms with E-state index in [4.69, 9.17) is 22.3 Å². The highest BCUT2D eigenvalue weighted by molar-refractivity contribution is 8.13. The second-order valence-corrected chi connectivity index (χ2v) is 8.72. The van der Waals surface area contributed by atoms with Gasteiger partial charge in [0.1, 0.15) is 0 Å². The summed E-state index contributed by atoms with van der Waals surface area (Å²) >= 11 is 5.82. The normalized spacial score (nSPS) is 20.5. The van der Waals surface area contributed by atoms with Gasteiger partial charge in [-0.05, 0) is 36.0 Å². The van der Waals surface area contributed by atoms with Gasteiger partial charge in [0, 0.05) is 27.8 Å². The summed E-state index contributed by atoms with van der Waals surface area (Å²) in [6.07, 6.45) is 1.07. The first-order valence-corrected chi connectivity index (χ1v) is 8.82. The van der Waals surface area contributed by atoms with E-state index in [0.717, 1.165) is 6.42 Å². The van der Waals surface area contributed by atoms with E-state index in [1.54, 1.807) is 0 Å². The fourth-order valence-electron chi connectivity index (χ4n) is 2.08. The van der Waals surface area contributed by atoms with Crippen LogP contribution in [0.2, 0.25) is 5.02 Å². The Morgan fingerprint density at radius 1 is 1.40 bits per heavy atom. The molecule has 1 aliphatic carbocycles. The van der Waals surface area contributed by atoms with Gasteiger partial charge in [0.05, 0.1) is 4.90 Å². The molecule has 1 atom stereocenters. The molecule has 0 aromatic heterocycles. The zero-order valence-corrected chi connectivity index (χ0v) is 13.4. The van der Waals surface area contributed by atoms with Crippen molar-refractivity contribution in [1.82, 2.24) is 5.32 Å². The van der Waals surface area contributed by atoms with Crippen LogP contribution >= 0.6 is 22.3 Å². The molecule has 1 unspecified atom stereocenters. The molecule has 1 aromatic carbocycles. The highest BCUT2D eigenvalue weighted by Gasteiger charge is 2.45. The molecular formula is C13H15Cl2NO3S. The highest BCUT2D eigenvalue weighted by Crippen LogP contribution is 2.50. The molecule has 0 bridgehead atoms. The van der Waals surface area contributed by atoms with Crippen molar-refractivity contribution in [3.05, 3.63) is 28.8 Å². The van der Waals surface area contributed by atoms with Crippen LogP contribution in [-0.4, -0.2) is 20.9 Å². The molecule has 110 valence electrons. The van der Waals surface area contributed by atoms with E-state index >= 15 is 0 Å². The first-order chi connectivity index (χ1) is 9.09. The van der Waals surface area contributed by atoms with Crippen molar-refractivity contribution < 1.29 is 13.2 Å². The number of carbonyl (C=O) groups is 1. The smallest absolute Gasteiger partial charge is 0.261 e. The monoisotopic (exact) mass is 335 g/mol. The minimum absolute atomic E-state index is 0.156. The molecule has 0 spiro atoms. The van der Waals surface area contributed by atoms with Gasteiger partial charge in [0.15, 0.2) is 0 Å². The average Bonchev–Trinajstić information content (AvgIpc) is 2.92. The van der Waals surface area contributed by atoms with Crippen LogP contribution in [0.5, 0.6) is 0 Å². The molecule has 1 aliphatic rings. The van der Waals surface area contributed by atoms with Crippen molar-refractivity contribution in [3.8, 4) is 0 Å². The number of benzene rings is 1. The minimum Gasteiger partial charge on any atom is -0.352 e. The lowest BCUT2D eigenvalue weighted by Crippen LogP contribution is -2.26. The van der Waals surface area contributed by atoms with E-state index in [2.05, 4.69) is 19.2 Å². The molecule has 20 heavy (non-hydrogen) atoms. The summed E-state index contributed by atoms with van der Waals surface area (Å²) in [5, 5.41) is 2.94. The quantitative estimate of drug-likeness (QED) is 0.860. The van der Waals surface area contributed by atoms with Crippen molar-refractivity contribution in [2.75, 3.05) is 6.54 Å². The number of hydrogen-bond acceptors (Lipinski definition) is 3. The van der Waals surface area contributed by atoms with Crippen LogP contribution in [-0.2, 0) is 9.05 Å². The first-order valence-electron chi connectivity index (χ1n) is 6.13. The summed E-state index contributed by atoms with van der Waals surface area (Å²) in [7, 11) is 1.35. The molecule has 1 amide bonds. The summed E-state index contributed by atoms with van der Waals surface area (Å²) in [6, 6.07) is 3.85. The minimum atomic E-state index is -3.91. The number of carbonyl (C=O) groups excluding carboxylic acids is 1. The van der Waals surface area contributed by atoms with Crippen LogP contribution < -0.4 is 5.32 Å². The number of nitrogens with one attached hydrogen (secondary N) is 1. The van der Waals surface area contributed by atoms with Crippen LogP contribution in [0, 0.1) is 11.3 Å². The van der Waals surface area contributed by atoms with E-state index < -0.39 is 9.05 Å². The molecule has 2 rings (SSSR count). The molecule has 0 heterocycles. The summed E-state index contributed by atoms with van der Waals surface area (Å²) in [5.74, 6) is 0.110. The van der Waals surface area contributed by atoms with E-state index in [-0.39, 0.29) is 26.8 Å². The standard InChI is InChI=1S/C13H15Cl2NO3S/c1-13(2)6-9(13)7-16-12(17)8-3-10(14)5-11(4-8)20(15,18)19/h3-5,9H,6-7H2,1-2H3,(H,16,17). The van der Waals surface area contributed by atoms with E-state index in [9.17, 15) is 13.2 Å². The first kappa shape index (κ1) is 15.6. The Labute approximate surface area is 127 Å². The molecule has 1 N–H and O–H groups in total. The topological polar surface area (TPSA) is 63.2 Å². The van der Waals surface area contributed by atoms with Gasteiger partial charge >= 0.3 is 0 Å². The summed E-state index contributed by atoms with van der Waals surface area (Å²) in [4.78, 5) is 11.8. The lowest BCUT2D eigenvalue weighted by atomic mass is 10.1. The van der Waals surface area contributed by atoms with Gasteiger partial charge in [-0.25, -0.2) is 8.42 Å². The van der Waals surface area contributed by atoms with Crippen LogP contribution in [0.1, 0.15) is 30.6 Å². The molecule has 0 aliphatic heterocycles. The largest absolute Gasteiger partial charge is 0.352 e. The van der Waals surface area contributed by atoms with Gasteiger partial charge in [-0.15, -0.1) is 0 Å². The van der Waals surface area contributed by atoms with Crippen LogP contribution in [0.3, 0.4) is 0 Å². The molecule has 0 radical (unpaired) electrons. The van der Waals surface area contributed by atoms with E-state index in [1.165, 1.54) is 18.2 Å². The predicted molar refractivity (Wildman–Crippen MR) is 78.7 cm³/mol. The summed E-state index contributed by atoms with van der Waals surface area (Å²) in [5.41, 5.74) is 0.460. The maximum absolute atomic E-state index is 12.0. The molecule has 1 fully saturated rings. The fraction of sp³-hybridized carbons (Fsp3) is 0.462. The van der Waals surface area contributed by atoms with Crippen molar-refractivity contribution in [1.29, 1.82) is 0 Å². The fourth-order valence-corrected chi connectivity index (χ4v) is 3.18. The number of amides is 1. The van der Waals surface area contributed by atoms with Crippen LogP contribution in [0.15, 0.2) is 23.1 Å². The van der Waals surface area contributed by atoms with E-state index in [0.29, 0.717) is 12.5 Å². The average molecular weight is 336 g/mol. The number of hydrogen-bond donors (Lipinski definition) is 1. The molecular weight excluding hydrogens is 321 g/mol. The number of rotatable bonds is 4. The van der Waals surface area contributed by atoms with Gasteiger partial charge < -0.3 is 5.32 Å². The van der Waals surface area contributed by atoms with E-state index in [1.807, 2.05) is 0 Å². The van der Waals surface area contributed by atoms with Crippen molar-refractivity contribution in [2.45, 2.75) is 25.2 Å². The van der Waals surface area contributed by atoms with Crippen molar-refractivity contribution in [3.63, 3.8) is 0 Å². The Hall–Kier alpha value is -0.780. The van der Waals surface area contributed by atoms with Gasteiger partial charge in [0.25, 0.3) is 15.0 Å². The second-order valence-electron chi connectivity index (χ2n) is 5.71. The third-order valence-electron chi connectivity index (χ3n) is 3.64. The maximum Gasteiger partial charge on any atom is 0.261 e. The highest BCUT2D eigenvalue weighted by atomic mass is 35.7. The Bertz CT molecular complexity index is 656. The Balaban J connectivity index is 2.12. The zero-order chi connectivity index (χ0) is 15.1. The SMILES string of the molecule is CC1(C)CC1CNC(=O)c1cc(Cl)cc(S(=O)(=O)Cl)c1. The van der Waals surface area contributed by atoms with Gasteiger partial charge in [-0.3, -0.25) is 4.79 Å². The Kier molecular flexibility index (Phi) is 4.06. The Morgan fingerprint density at radius 3 is 2.50 bits per heavy atom. The lowest BCUT2D eigenvalue weighted by Gasteiger charge is -2.08. The third kappa shape index (κ3) is 3.65. The molecule has 1 saturated carbocycles. The van der Waals surface area contributed by atoms with Crippen molar-refractivity contribution >= 4 is 37.2 Å². The third-order valence-corrected chi connectivity index (χ3v) is 5.19. The lowest BCUT2D eigenvalue weighted by molar-refractivity contribution is 0.0950. The van der Waals surface area contributed by atoms with Crippen LogP contribution in [0.25, 0.3) is 0 Å². The Morgan fingerprint density at radius 2 is 2.00 bits per heavy atom.